The molecule has 0 amide bonds. The zero-order chi connectivity index (χ0) is 11.9. The van der Waals surface area contributed by atoms with Crippen molar-refractivity contribution in [3.63, 3.8) is 0 Å². The molecule has 0 radical (unpaired) electrons. The predicted octanol–water partition coefficient (Wildman–Crippen LogP) is 4.57. The molecule has 0 N–H and O–H groups in total. The Morgan fingerprint density at radius 2 is 0.733 bits per heavy atom. The molecular formula is C15H24. The minimum Gasteiger partial charge on any atom is -0.120 e. The molecule has 0 aromatic carbocycles. The lowest BCUT2D eigenvalue weighted by atomic mass is 10.0. The molecule has 0 nitrogen and oxygen atoms in total. The molecule has 2 aliphatic rings. The smallest absolute Gasteiger partial charge is 0.00315 e. The summed E-state index contributed by atoms with van der Waals surface area (Å²) in [5.41, 5.74) is 8.18. The number of allylic oxidation sites excluding steroid dienone is 1. The van der Waals surface area contributed by atoms with Gasteiger partial charge >= 0.3 is 0 Å². The Balaban J connectivity index is 2.49. The molecule has 2 aliphatic carbocycles. The molecule has 2 rings (SSSR count). The highest BCUT2D eigenvalue weighted by atomic mass is 14.7. The van der Waals surface area contributed by atoms with Crippen molar-refractivity contribution in [2.75, 3.05) is 0 Å². The van der Waals surface area contributed by atoms with E-state index in [2.05, 4.69) is 61.1 Å². The second kappa shape index (κ2) is 2.28. The molecule has 0 atom stereocenters. The maximum absolute atomic E-state index is 3.72. The third-order valence-electron chi connectivity index (χ3n) is 5.75. The molecule has 0 heterocycles. The van der Waals surface area contributed by atoms with Gasteiger partial charge < -0.3 is 0 Å². The van der Waals surface area contributed by atoms with Gasteiger partial charge in [0.1, 0.15) is 0 Å². The average molecular weight is 204 g/mol. The van der Waals surface area contributed by atoms with E-state index in [9.17, 15) is 0 Å². The lowest BCUT2D eigenvalue weighted by molar-refractivity contribution is 0.457. The maximum atomic E-state index is 3.72. The molecular weight excluding hydrogens is 180 g/mol. The van der Waals surface area contributed by atoms with Crippen molar-refractivity contribution in [1.82, 2.24) is 0 Å². The van der Waals surface area contributed by atoms with Crippen LogP contribution in [0, 0.1) is 21.7 Å². The average Bonchev–Trinajstić information content (AvgIpc) is 2.55. The lowest BCUT2D eigenvalue weighted by Gasteiger charge is -2.02. The Morgan fingerprint density at radius 3 is 0.867 bits per heavy atom. The van der Waals surface area contributed by atoms with E-state index in [0.29, 0.717) is 21.7 Å². The first-order valence-corrected chi connectivity index (χ1v) is 6.00. The Hall–Kier alpha value is -0.480. The van der Waals surface area contributed by atoms with Crippen molar-refractivity contribution in [2.45, 2.75) is 55.4 Å². The second-order valence-electron chi connectivity index (χ2n) is 7.38. The summed E-state index contributed by atoms with van der Waals surface area (Å²) in [6.45, 7) is 18.7. The van der Waals surface area contributed by atoms with E-state index in [1.165, 1.54) is 11.1 Å². The minimum atomic E-state index is 0.356. The van der Waals surface area contributed by atoms with Gasteiger partial charge in [-0.05, 0) is 11.1 Å². The lowest BCUT2D eigenvalue weighted by Crippen LogP contribution is -1.95. The van der Waals surface area contributed by atoms with E-state index in [0.717, 1.165) is 0 Å². The van der Waals surface area contributed by atoms with E-state index in [4.69, 9.17) is 0 Å². The van der Waals surface area contributed by atoms with Crippen LogP contribution >= 0.6 is 0 Å². The van der Waals surface area contributed by atoms with Crippen molar-refractivity contribution in [1.29, 1.82) is 0 Å². The van der Waals surface area contributed by atoms with Crippen LogP contribution in [0.15, 0.2) is 16.9 Å². The summed E-state index contributed by atoms with van der Waals surface area (Å²) in [6.07, 6.45) is 0. The number of rotatable bonds is 0. The van der Waals surface area contributed by atoms with Gasteiger partial charge in [0.25, 0.3) is 0 Å². The SMILES string of the molecule is CC1(C)C(=C=C2C(C)(C)C2(C)C)C1(C)C. The van der Waals surface area contributed by atoms with Gasteiger partial charge in [-0.15, -0.1) is 5.73 Å². The summed E-state index contributed by atoms with van der Waals surface area (Å²) in [4.78, 5) is 0. The topological polar surface area (TPSA) is 0 Å². The van der Waals surface area contributed by atoms with Gasteiger partial charge in [0, 0.05) is 21.7 Å². The molecule has 0 saturated heterocycles. The summed E-state index contributed by atoms with van der Waals surface area (Å²) in [5.74, 6) is 0. The predicted molar refractivity (Wildman–Crippen MR) is 65.7 cm³/mol. The zero-order valence-electron chi connectivity index (χ0n) is 11.5. The summed E-state index contributed by atoms with van der Waals surface area (Å²) < 4.78 is 0. The van der Waals surface area contributed by atoms with Crippen molar-refractivity contribution >= 4 is 0 Å². The van der Waals surface area contributed by atoms with Gasteiger partial charge in [-0.25, -0.2) is 0 Å². The van der Waals surface area contributed by atoms with Gasteiger partial charge in [-0.1, -0.05) is 55.4 Å². The van der Waals surface area contributed by atoms with Gasteiger partial charge in [0.15, 0.2) is 0 Å². The number of hydrogen-bond donors (Lipinski definition) is 0. The molecule has 0 bridgehead atoms. The first-order valence-electron chi connectivity index (χ1n) is 6.00. The molecule has 0 spiro atoms. The molecule has 84 valence electrons. The molecule has 2 fully saturated rings. The first-order chi connectivity index (χ1) is 6.47. The Kier molecular flexibility index (Phi) is 1.67. The zero-order valence-corrected chi connectivity index (χ0v) is 11.5. The first kappa shape index (κ1) is 11.0. The molecule has 0 unspecified atom stereocenters. The summed E-state index contributed by atoms with van der Waals surface area (Å²) in [6, 6.07) is 0. The second-order valence-corrected chi connectivity index (χ2v) is 7.38. The van der Waals surface area contributed by atoms with Crippen LogP contribution in [0.25, 0.3) is 0 Å². The Morgan fingerprint density at radius 1 is 0.533 bits per heavy atom. The number of hydrogen-bond acceptors (Lipinski definition) is 0. The third-order valence-corrected chi connectivity index (χ3v) is 5.75. The Labute approximate surface area is 94.5 Å². The van der Waals surface area contributed by atoms with Crippen molar-refractivity contribution in [3.8, 4) is 0 Å². The monoisotopic (exact) mass is 204 g/mol. The molecule has 2 saturated carbocycles. The van der Waals surface area contributed by atoms with Crippen LogP contribution in [0.3, 0.4) is 0 Å². The van der Waals surface area contributed by atoms with Gasteiger partial charge in [-0.3, -0.25) is 0 Å². The van der Waals surface area contributed by atoms with Gasteiger partial charge in [-0.2, -0.15) is 0 Å². The minimum absolute atomic E-state index is 0.356. The molecule has 0 aromatic rings. The van der Waals surface area contributed by atoms with Crippen LogP contribution in [-0.4, -0.2) is 0 Å². The van der Waals surface area contributed by atoms with Crippen molar-refractivity contribution in [3.05, 3.63) is 16.9 Å². The molecule has 15 heavy (non-hydrogen) atoms. The van der Waals surface area contributed by atoms with E-state index < -0.39 is 0 Å². The van der Waals surface area contributed by atoms with Crippen LogP contribution in [-0.2, 0) is 0 Å². The van der Waals surface area contributed by atoms with Crippen LogP contribution in [0.1, 0.15) is 55.4 Å². The van der Waals surface area contributed by atoms with Crippen molar-refractivity contribution in [2.24, 2.45) is 21.7 Å². The fourth-order valence-corrected chi connectivity index (χ4v) is 2.81. The van der Waals surface area contributed by atoms with E-state index in [1.54, 1.807) is 0 Å². The van der Waals surface area contributed by atoms with Crippen LogP contribution < -0.4 is 0 Å². The molecule has 0 aliphatic heterocycles. The van der Waals surface area contributed by atoms with Gasteiger partial charge in [0.2, 0.25) is 0 Å². The fourth-order valence-electron chi connectivity index (χ4n) is 2.81. The largest absolute Gasteiger partial charge is 0.120 e. The van der Waals surface area contributed by atoms with E-state index in [-0.39, 0.29) is 0 Å². The van der Waals surface area contributed by atoms with Crippen molar-refractivity contribution < 1.29 is 0 Å². The standard InChI is InChI=1S/C15H24/c1-12(2)10(13(12,3)4)9-11-14(5,6)15(11,7)8/h1-8H3. The van der Waals surface area contributed by atoms with Crippen LogP contribution in [0.4, 0.5) is 0 Å². The fraction of sp³-hybridized carbons (Fsp3) is 0.800. The van der Waals surface area contributed by atoms with E-state index >= 15 is 0 Å². The Bertz CT molecular complexity index is 326. The summed E-state index contributed by atoms with van der Waals surface area (Å²) >= 11 is 0. The van der Waals surface area contributed by atoms with E-state index in [1.807, 2.05) is 0 Å². The highest BCUT2D eigenvalue weighted by Gasteiger charge is 2.64. The quantitative estimate of drug-likeness (QED) is 0.507. The van der Waals surface area contributed by atoms with Crippen LogP contribution in [0.5, 0.6) is 0 Å². The molecule has 0 aromatic heterocycles. The van der Waals surface area contributed by atoms with Crippen LogP contribution in [0.2, 0.25) is 0 Å². The molecule has 0 heteroatoms. The highest BCUT2D eigenvalue weighted by Crippen LogP contribution is 2.72. The van der Waals surface area contributed by atoms with Gasteiger partial charge in [0.05, 0.1) is 0 Å². The maximum Gasteiger partial charge on any atom is 0.00315 e. The normalized spacial score (nSPS) is 32.3. The summed E-state index contributed by atoms with van der Waals surface area (Å²) in [7, 11) is 0. The summed E-state index contributed by atoms with van der Waals surface area (Å²) in [5, 5.41) is 0. The third kappa shape index (κ3) is 1.04. The highest BCUT2D eigenvalue weighted by molar-refractivity contribution is 5.49.